The zero-order chi connectivity index (χ0) is 13.7. The van der Waals surface area contributed by atoms with Crippen molar-refractivity contribution in [2.75, 3.05) is 7.11 Å². The van der Waals surface area contributed by atoms with E-state index in [0.717, 1.165) is 13.1 Å². The van der Waals surface area contributed by atoms with E-state index in [-0.39, 0.29) is 0 Å². The normalized spacial score (nSPS) is 10.9. The van der Waals surface area contributed by atoms with E-state index < -0.39 is 0 Å². The fraction of sp³-hybridized carbons (Fsp3) is 0.375. The maximum Gasteiger partial charge on any atom is 0.0716 e. The Bertz CT molecular complexity index is 533. The summed E-state index contributed by atoms with van der Waals surface area (Å²) in [6.45, 7) is 6.84. The first-order valence-electron chi connectivity index (χ1n) is 6.53. The Hall–Kier alpha value is -1.16. The minimum atomic E-state index is 0.675. The van der Waals surface area contributed by atoms with Crippen LogP contribution in [0.2, 0.25) is 0 Å². The maximum atomic E-state index is 5.23. The molecule has 102 valence electrons. The van der Waals surface area contributed by atoms with Crippen LogP contribution in [-0.4, -0.2) is 7.11 Å². The van der Waals surface area contributed by atoms with Crippen LogP contribution in [0.4, 0.5) is 0 Å². The summed E-state index contributed by atoms with van der Waals surface area (Å²) in [6.07, 6.45) is 0. The van der Waals surface area contributed by atoms with E-state index in [2.05, 4.69) is 49.5 Å². The molecule has 1 N–H and O–H groups in total. The topological polar surface area (TPSA) is 21.3 Å². The lowest BCUT2D eigenvalue weighted by molar-refractivity contribution is 0.184. The summed E-state index contributed by atoms with van der Waals surface area (Å²) in [6, 6.07) is 10.7. The number of aryl methyl sites for hydroxylation is 2. The van der Waals surface area contributed by atoms with Gasteiger partial charge in [-0.25, -0.2) is 0 Å². The quantitative estimate of drug-likeness (QED) is 0.866. The van der Waals surface area contributed by atoms with Gasteiger partial charge in [0.2, 0.25) is 0 Å². The molecule has 1 aromatic carbocycles. The van der Waals surface area contributed by atoms with Gasteiger partial charge in [0.05, 0.1) is 6.61 Å². The van der Waals surface area contributed by atoms with Crippen molar-refractivity contribution in [2.45, 2.75) is 33.5 Å². The molecule has 0 radical (unpaired) electrons. The summed E-state index contributed by atoms with van der Waals surface area (Å²) in [4.78, 5) is 2.80. The smallest absolute Gasteiger partial charge is 0.0716 e. The average molecular weight is 275 g/mol. The highest BCUT2D eigenvalue weighted by Gasteiger charge is 2.04. The molecule has 1 heterocycles. The highest BCUT2D eigenvalue weighted by Crippen LogP contribution is 2.20. The van der Waals surface area contributed by atoms with Gasteiger partial charge in [0, 0.05) is 30.0 Å². The number of hydrogen-bond acceptors (Lipinski definition) is 3. The molecule has 0 amide bonds. The summed E-state index contributed by atoms with van der Waals surface area (Å²) >= 11 is 1.87. The van der Waals surface area contributed by atoms with E-state index in [9.17, 15) is 0 Å². The Kier molecular flexibility index (Phi) is 5.14. The molecule has 2 rings (SSSR count). The molecule has 19 heavy (non-hydrogen) atoms. The summed E-state index contributed by atoms with van der Waals surface area (Å²) < 4.78 is 5.23. The van der Waals surface area contributed by atoms with E-state index >= 15 is 0 Å². The molecule has 0 spiro atoms. The summed E-state index contributed by atoms with van der Waals surface area (Å²) in [5, 5.41) is 3.52. The van der Waals surface area contributed by atoms with Gasteiger partial charge in [0.15, 0.2) is 0 Å². The Morgan fingerprint density at radius 1 is 1.05 bits per heavy atom. The number of ether oxygens (including phenoxy) is 1. The van der Waals surface area contributed by atoms with Crippen molar-refractivity contribution in [1.29, 1.82) is 0 Å². The molecule has 0 atom stereocenters. The SMILES string of the molecule is COCc1ccccc1CNCc1cc(C)sc1C. The van der Waals surface area contributed by atoms with Crippen LogP contribution >= 0.6 is 11.3 Å². The fourth-order valence-electron chi connectivity index (χ4n) is 2.22. The van der Waals surface area contributed by atoms with E-state index in [1.165, 1.54) is 26.4 Å². The van der Waals surface area contributed by atoms with Gasteiger partial charge in [0.25, 0.3) is 0 Å². The first kappa shape index (κ1) is 14.3. The predicted molar refractivity (Wildman–Crippen MR) is 81.5 cm³/mol. The molecular weight excluding hydrogens is 254 g/mol. The maximum absolute atomic E-state index is 5.23. The van der Waals surface area contributed by atoms with E-state index in [4.69, 9.17) is 4.74 Å². The van der Waals surface area contributed by atoms with Crippen molar-refractivity contribution in [3.05, 3.63) is 56.8 Å². The number of benzene rings is 1. The highest BCUT2D eigenvalue weighted by atomic mass is 32.1. The molecule has 0 unspecified atom stereocenters. The number of nitrogens with one attached hydrogen (secondary N) is 1. The molecular formula is C16H21NOS. The largest absolute Gasteiger partial charge is 0.380 e. The minimum Gasteiger partial charge on any atom is -0.380 e. The molecule has 0 bridgehead atoms. The van der Waals surface area contributed by atoms with Gasteiger partial charge in [-0.05, 0) is 36.6 Å². The van der Waals surface area contributed by atoms with Crippen molar-refractivity contribution >= 4 is 11.3 Å². The third kappa shape index (κ3) is 3.90. The molecule has 0 aliphatic rings. The van der Waals surface area contributed by atoms with E-state index in [1.54, 1.807) is 7.11 Å². The molecule has 0 saturated carbocycles. The zero-order valence-electron chi connectivity index (χ0n) is 11.8. The summed E-state index contributed by atoms with van der Waals surface area (Å²) in [5.41, 5.74) is 3.98. The van der Waals surface area contributed by atoms with Crippen LogP contribution in [0.5, 0.6) is 0 Å². The molecule has 0 aliphatic carbocycles. The second-order valence-electron chi connectivity index (χ2n) is 4.74. The molecule has 0 fully saturated rings. The van der Waals surface area contributed by atoms with Crippen LogP contribution in [0.3, 0.4) is 0 Å². The molecule has 0 saturated heterocycles. The monoisotopic (exact) mass is 275 g/mol. The van der Waals surface area contributed by atoms with Gasteiger partial charge in [-0.2, -0.15) is 0 Å². The number of rotatable bonds is 6. The van der Waals surface area contributed by atoms with Crippen LogP contribution in [0.25, 0.3) is 0 Å². The first-order chi connectivity index (χ1) is 9.20. The standard InChI is InChI=1S/C16H21NOS/c1-12-8-16(13(2)19-12)10-17-9-14-6-4-5-7-15(14)11-18-3/h4-8,17H,9-11H2,1-3H3. The lowest BCUT2D eigenvalue weighted by Gasteiger charge is -2.10. The Labute approximate surface area is 119 Å². The molecule has 2 nitrogen and oxygen atoms in total. The summed E-state index contributed by atoms with van der Waals surface area (Å²) in [5.74, 6) is 0. The molecule has 3 heteroatoms. The number of methoxy groups -OCH3 is 1. The minimum absolute atomic E-state index is 0.675. The lowest BCUT2D eigenvalue weighted by atomic mass is 10.1. The van der Waals surface area contributed by atoms with E-state index in [1.807, 2.05) is 11.3 Å². The van der Waals surface area contributed by atoms with Crippen molar-refractivity contribution in [2.24, 2.45) is 0 Å². The zero-order valence-corrected chi connectivity index (χ0v) is 12.6. The highest BCUT2D eigenvalue weighted by molar-refractivity contribution is 7.12. The molecule has 1 aromatic heterocycles. The van der Waals surface area contributed by atoms with Crippen molar-refractivity contribution in [1.82, 2.24) is 5.32 Å². The van der Waals surface area contributed by atoms with Gasteiger partial charge in [-0.3, -0.25) is 0 Å². The third-order valence-electron chi connectivity index (χ3n) is 3.19. The lowest BCUT2D eigenvalue weighted by Crippen LogP contribution is -2.14. The van der Waals surface area contributed by atoms with Crippen LogP contribution < -0.4 is 5.32 Å². The molecule has 0 aliphatic heterocycles. The van der Waals surface area contributed by atoms with Crippen molar-refractivity contribution in [3.8, 4) is 0 Å². The van der Waals surface area contributed by atoms with Gasteiger partial charge >= 0.3 is 0 Å². The second kappa shape index (κ2) is 6.85. The third-order valence-corrected chi connectivity index (χ3v) is 4.20. The van der Waals surface area contributed by atoms with Gasteiger partial charge in [0.1, 0.15) is 0 Å². The van der Waals surface area contributed by atoms with Gasteiger partial charge in [-0.15, -0.1) is 11.3 Å². The van der Waals surface area contributed by atoms with Gasteiger partial charge < -0.3 is 10.1 Å². The van der Waals surface area contributed by atoms with Crippen molar-refractivity contribution in [3.63, 3.8) is 0 Å². The van der Waals surface area contributed by atoms with Gasteiger partial charge in [-0.1, -0.05) is 24.3 Å². The first-order valence-corrected chi connectivity index (χ1v) is 7.34. The second-order valence-corrected chi connectivity index (χ2v) is 6.20. The number of thiophene rings is 1. The van der Waals surface area contributed by atoms with E-state index in [0.29, 0.717) is 6.61 Å². The Morgan fingerprint density at radius 3 is 2.37 bits per heavy atom. The average Bonchev–Trinajstić information content (AvgIpc) is 2.70. The predicted octanol–water partition coefficient (Wildman–Crippen LogP) is 3.80. The molecule has 2 aromatic rings. The summed E-state index contributed by atoms with van der Waals surface area (Å²) in [7, 11) is 1.74. The van der Waals surface area contributed by atoms with Crippen LogP contribution in [-0.2, 0) is 24.4 Å². The fourth-order valence-corrected chi connectivity index (χ4v) is 3.16. The van der Waals surface area contributed by atoms with Crippen LogP contribution in [0, 0.1) is 13.8 Å². The van der Waals surface area contributed by atoms with Crippen LogP contribution in [0.15, 0.2) is 30.3 Å². The van der Waals surface area contributed by atoms with Crippen LogP contribution in [0.1, 0.15) is 26.4 Å². The number of hydrogen-bond donors (Lipinski definition) is 1. The Balaban J connectivity index is 1.94. The van der Waals surface area contributed by atoms with Crippen molar-refractivity contribution < 1.29 is 4.74 Å². The Morgan fingerprint density at radius 2 is 1.74 bits per heavy atom.